The zero-order valence-corrected chi connectivity index (χ0v) is 12.2. The first-order valence-corrected chi connectivity index (χ1v) is 7.02. The van der Waals surface area contributed by atoms with Crippen LogP contribution in [0.3, 0.4) is 0 Å². The van der Waals surface area contributed by atoms with Gasteiger partial charge in [0.15, 0.2) is 0 Å². The molecule has 0 aromatic heterocycles. The normalized spacial score (nSPS) is 21.9. The second-order valence-electron chi connectivity index (χ2n) is 5.64. The monoisotopic (exact) mass is 292 g/mol. The van der Waals surface area contributed by atoms with Crippen LogP contribution >= 0.6 is 0 Å². The van der Waals surface area contributed by atoms with E-state index in [2.05, 4.69) is 12.2 Å². The SMILES string of the molecule is CC1CCN(C(=O)Nc2ccc(O)cc2C(=O)O)C(C)C1. The standard InChI is InChI=1S/C15H20N2O4/c1-9-5-6-17(10(2)7-9)15(21)16-13-4-3-11(18)8-12(13)14(19)20/h3-4,8-10,18H,5-7H2,1-2H3,(H,16,21)(H,19,20). The van der Waals surface area contributed by atoms with Crippen LogP contribution in [-0.2, 0) is 0 Å². The number of aromatic carboxylic acids is 1. The minimum atomic E-state index is -1.19. The molecule has 0 spiro atoms. The number of nitrogens with zero attached hydrogens (tertiary/aromatic N) is 1. The van der Waals surface area contributed by atoms with Crippen LogP contribution < -0.4 is 5.32 Å². The fraction of sp³-hybridized carbons (Fsp3) is 0.467. The molecule has 0 aliphatic carbocycles. The van der Waals surface area contributed by atoms with Gasteiger partial charge in [-0.2, -0.15) is 0 Å². The van der Waals surface area contributed by atoms with E-state index in [1.54, 1.807) is 4.90 Å². The maximum atomic E-state index is 12.3. The van der Waals surface area contributed by atoms with E-state index in [1.165, 1.54) is 12.1 Å². The van der Waals surface area contributed by atoms with Crippen LogP contribution in [0.1, 0.15) is 37.0 Å². The number of phenolic OH excluding ortho intramolecular Hbond substituents is 1. The highest BCUT2D eigenvalue weighted by Gasteiger charge is 2.27. The lowest BCUT2D eigenvalue weighted by Crippen LogP contribution is -2.46. The Hall–Kier alpha value is -2.24. The first kappa shape index (κ1) is 15.2. The minimum Gasteiger partial charge on any atom is -0.508 e. The molecule has 1 fully saturated rings. The number of carbonyl (C=O) groups is 2. The third kappa shape index (κ3) is 3.45. The number of piperidine rings is 1. The van der Waals surface area contributed by atoms with Gasteiger partial charge in [0, 0.05) is 12.6 Å². The predicted molar refractivity (Wildman–Crippen MR) is 78.7 cm³/mol. The lowest BCUT2D eigenvalue weighted by molar-refractivity contribution is 0.0697. The highest BCUT2D eigenvalue weighted by atomic mass is 16.4. The van der Waals surface area contributed by atoms with Gasteiger partial charge in [-0.1, -0.05) is 6.92 Å². The summed E-state index contributed by atoms with van der Waals surface area (Å²) in [6.07, 6.45) is 1.88. The van der Waals surface area contributed by atoms with Crippen molar-refractivity contribution >= 4 is 17.7 Å². The topological polar surface area (TPSA) is 89.9 Å². The van der Waals surface area contributed by atoms with Crippen molar-refractivity contribution in [2.24, 2.45) is 5.92 Å². The number of likely N-dealkylation sites (tertiary alicyclic amines) is 1. The second kappa shape index (κ2) is 6.03. The Morgan fingerprint density at radius 2 is 2.05 bits per heavy atom. The van der Waals surface area contributed by atoms with Crippen LogP contribution in [-0.4, -0.2) is 39.7 Å². The largest absolute Gasteiger partial charge is 0.508 e. The summed E-state index contributed by atoms with van der Waals surface area (Å²) in [4.78, 5) is 25.2. The van der Waals surface area contributed by atoms with Gasteiger partial charge in [-0.3, -0.25) is 0 Å². The Labute approximate surface area is 123 Å². The predicted octanol–water partition coefficient (Wildman–Crippen LogP) is 2.74. The van der Waals surface area contributed by atoms with Crippen molar-refractivity contribution in [3.63, 3.8) is 0 Å². The number of carbonyl (C=O) groups excluding carboxylic acids is 1. The molecule has 2 amide bonds. The number of anilines is 1. The number of aromatic hydroxyl groups is 1. The van der Waals surface area contributed by atoms with Gasteiger partial charge in [0.2, 0.25) is 0 Å². The van der Waals surface area contributed by atoms with E-state index in [1.807, 2.05) is 6.92 Å². The molecule has 6 heteroatoms. The molecule has 2 atom stereocenters. The zero-order chi connectivity index (χ0) is 15.6. The van der Waals surface area contributed by atoms with Gasteiger partial charge in [-0.05, 0) is 43.9 Å². The van der Waals surface area contributed by atoms with Gasteiger partial charge in [-0.25, -0.2) is 9.59 Å². The van der Waals surface area contributed by atoms with E-state index >= 15 is 0 Å². The third-order valence-corrected chi connectivity index (χ3v) is 3.87. The minimum absolute atomic E-state index is 0.124. The summed E-state index contributed by atoms with van der Waals surface area (Å²) in [6, 6.07) is 3.69. The number of rotatable bonds is 2. The molecule has 0 bridgehead atoms. The fourth-order valence-electron chi connectivity index (χ4n) is 2.71. The summed E-state index contributed by atoms with van der Waals surface area (Å²) in [6.45, 7) is 4.81. The Morgan fingerprint density at radius 3 is 2.67 bits per heavy atom. The lowest BCUT2D eigenvalue weighted by atomic mass is 9.94. The maximum Gasteiger partial charge on any atom is 0.337 e. The van der Waals surface area contributed by atoms with Gasteiger partial charge in [0.25, 0.3) is 0 Å². The second-order valence-corrected chi connectivity index (χ2v) is 5.64. The van der Waals surface area contributed by atoms with Crippen molar-refractivity contribution in [1.82, 2.24) is 4.90 Å². The van der Waals surface area contributed by atoms with Gasteiger partial charge in [-0.15, -0.1) is 0 Å². The number of amides is 2. The molecule has 0 saturated carbocycles. The van der Waals surface area contributed by atoms with Crippen LogP contribution in [0.25, 0.3) is 0 Å². The first-order valence-electron chi connectivity index (χ1n) is 7.02. The van der Waals surface area contributed by atoms with Gasteiger partial charge >= 0.3 is 12.0 Å². The summed E-state index contributed by atoms with van der Waals surface area (Å²) in [7, 11) is 0. The molecule has 1 aromatic rings. The first-order chi connectivity index (χ1) is 9.88. The van der Waals surface area contributed by atoms with E-state index < -0.39 is 5.97 Å². The summed E-state index contributed by atoms with van der Waals surface area (Å²) in [5, 5.41) is 21.1. The molecular weight excluding hydrogens is 272 g/mol. The van der Waals surface area contributed by atoms with E-state index in [4.69, 9.17) is 5.11 Å². The fourth-order valence-corrected chi connectivity index (χ4v) is 2.71. The van der Waals surface area contributed by atoms with Gasteiger partial charge in [0.05, 0.1) is 11.3 Å². The molecular formula is C15H20N2O4. The van der Waals surface area contributed by atoms with E-state index in [9.17, 15) is 14.7 Å². The van der Waals surface area contributed by atoms with Crippen LogP contribution in [0.15, 0.2) is 18.2 Å². The van der Waals surface area contributed by atoms with Crippen LogP contribution in [0.4, 0.5) is 10.5 Å². The molecule has 1 heterocycles. The molecule has 114 valence electrons. The average molecular weight is 292 g/mol. The molecule has 2 unspecified atom stereocenters. The van der Waals surface area contributed by atoms with E-state index in [0.717, 1.165) is 18.9 Å². The number of benzene rings is 1. The Balaban J connectivity index is 2.14. The van der Waals surface area contributed by atoms with Crippen molar-refractivity contribution in [2.75, 3.05) is 11.9 Å². The van der Waals surface area contributed by atoms with Gasteiger partial charge in [0.1, 0.15) is 5.75 Å². The van der Waals surface area contributed by atoms with Crippen LogP contribution in [0.2, 0.25) is 0 Å². The number of carboxylic acid groups (broad SMARTS) is 1. The number of hydrogen-bond acceptors (Lipinski definition) is 3. The van der Waals surface area contributed by atoms with Crippen molar-refractivity contribution in [3.8, 4) is 5.75 Å². The Morgan fingerprint density at radius 1 is 1.33 bits per heavy atom. The van der Waals surface area contributed by atoms with E-state index in [0.29, 0.717) is 12.5 Å². The summed E-state index contributed by atoms with van der Waals surface area (Å²) in [5.41, 5.74) is 0.0671. The van der Waals surface area contributed by atoms with Crippen molar-refractivity contribution in [2.45, 2.75) is 32.7 Å². The number of urea groups is 1. The summed E-state index contributed by atoms with van der Waals surface area (Å²) in [5.74, 6) is -0.751. The maximum absolute atomic E-state index is 12.3. The molecule has 2 rings (SSSR count). The highest BCUT2D eigenvalue weighted by Crippen LogP contribution is 2.25. The molecule has 3 N–H and O–H groups in total. The molecule has 21 heavy (non-hydrogen) atoms. The Kier molecular flexibility index (Phi) is 4.35. The van der Waals surface area contributed by atoms with Crippen molar-refractivity contribution in [3.05, 3.63) is 23.8 Å². The molecule has 1 saturated heterocycles. The average Bonchev–Trinajstić information content (AvgIpc) is 2.40. The third-order valence-electron chi connectivity index (χ3n) is 3.87. The summed E-state index contributed by atoms with van der Waals surface area (Å²) >= 11 is 0. The Bertz CT molecular complexity index is 559. The highest BCUT2D eigenvalue weighted by molar-refractivity contribution is 6.00. The van der Waals surface area contributed by atoms with Crippen molar-refractivity contribution < 1.29 is 19.8 Å². The van der Waals surface area contributed by atoms with Crippen LogP contribution in [0, 0.1) is 5.92 Å². The van der Waals surface area contributed by atoms with Gasteiger partial charge < -0.3 is 20.4 Å². The van der Waals surface area contributed by atoms with E-state index in [-0.39, 0.29) is 29.1 Å². The molecule has 1 aromatic carbocycles. The molecule has 1 aliphatic rings. The van der Waals surface area contributed by atoms with Crippen LogP contribution in [0.5, 0.6) is 5.75 Å². The van der Waals surface area contributed by atoms with Crippen molar-refractivity contribution in [1.29, 1.82) is 0 Å². The molecule has 6 nitrogen and oxygen atoms in total. The number of nitrogens with one attached hydrogen (secondary N) is 1. The summed E-state index contributed by atoms with van der Waals surface area (Å²) < 4.78 is 0. The quantitative estimate of drug-likeness (QED) is 0.731. The smallest absolute Gasteiger partial charge is 0.337 e. The molecule has 1 aliphatic heterocycles. The lowest BCUT2D eigenvalue weighted by Gasteiger charge is -2.36. The number of hydrogen-bond donors (Lipinski definition) is 3. The zero-order valence-electron chi connectivity index (χ0n) is 12.2. The number of carboxylic acids is 1. The molecule has 0 radical (unpaired) electrons. The number of phenols is 1.